The molecule has 11 heteroatoms. The first-order valence-electron chi connectivity index (χ1n) is 8.94. The van der Waals surface area contributed by atoms with Crippen LogP contribution in [-0.4, -0.2) is 24.4 Å². The van der Waals surface area contributed by atoms with E-state index in [9.17, 15) is 30.7 Å². The Morgan fingerprint density at radius 3 is 2.22 bits per heavy atom. The predicted molar refractivity (Wildman–Crippen MR) is 112 cm³/mol. The molecule has 0 aliphatic heterocycles. The van der Waals surface area contributed by atoms with E-state index in [1.807, 2.05) is 18.2 Å². The van der Waals surface area contributed by atoms with Crippen molar-refractivity contribution in [3.05, 3.63) is 76.8 Å². The van der Waals surface area contributed by atoms with E-state index >= 15 is 0 Å². The molecule has 3 rings (SSSR count). The van der Waals surface area contributed by atoms with Crippen molar-refractivity contribution in [1.82, 2.24) is 5.43 Å². The van der Waals surface area contributed by atoms with Crippen molar-refractivity contribution >= 4 is 40.3 Å². The molecule has 0 fully saturated rings. The Morgan fingerprint density at radius 1 is 0.875 bits per heavy atom. The third-order valence-corrected chi connectivity index (χ3v) is 5.74. The van der Waals surface area contributed by atoms with Gasteiger partial charge in [0.15, 0.2) is 0 Å². The quantitative estimate of drug-likeness (QED) is 0.121. The van der Waals surface area contributed by atoms with E-state index in [1.165, 1.54) is 17.8 Å². The molecule has 0 heterocycles. The van der Waals surface area contributed by atoms with E-state index in [2.05, 4.69) is 5.10 Å². The smallest absolute Gasteiger partial charge is 0.242 e. The lowest BCUT2D eigenvalue weighted by Gasteiger charge is -2.27. The van der Waals surface area contributed by atoms with E-state index in [1.54, 1.807) is 36.4 Å². The largest absolute Gasteiger partial charge is 0.462 e. The number of benzene rings is 3. The SMILES string of the molecule is FC(F)(F)C(F)(F)C(F)(F)N/N=C/c1ccc(SCc2cccc(Cl)c2)c2ccccc12. The second-order valence-corrected chi connectivity index (χ2v) is 8.09. The van der Waals surface area contributed by atoms with E-state index in [-0.39, 0.29) is 5.56 Å². The Balaban J connectivity index is 1.82. The van der Waals surface area contributed by atoms with Crippen molar-refractivity contribution in [2.24, 2.45) is 5.10 Å². The standard InChI is InChI=1S/C21H14ClF7N2S/c22-15-5-3-4-13(10-15)12-32-18-9-8-14(16-6-1-2-7-17(16)18)11-30-31-21(28,29)19(23,24)20(25,26)27/h1-11,31H,12H2/b30-11+. The van der Waals surface area contributed by atoms with Crippen molar-refractivity contribution in [2.45, 2.75) is 28.8 Å². The van der Waals surface area contributed by atoms with Gasteiger partial charge >= 0.3 is 18.1 Å². The number of hydrogen-bond donors (Lipinski definition) is 1. The van der Waals surface area contributed by atoms with Gasteiger partial charge in [-0.2, -0.15) is 35.8 Å². The second-order valence-electron chi connectivity index (χ2n) is 6.63. The van der Waals surface area contributed by atoms with Crippen LogP contribution in [0.1, 0.15) is 11.1 Å². The van der Waals surface area contributed by atoms with Gasteiger partial charge in [0.05, 0.1) is 6.21 Å². The molecule has 3 aromatic rings. The highest BCUT2D eigenvalue weighted by Crippen LogP contribution is 2.45. The summed E-state index contributed by atoms with van der Waals surface area (Å²) in [6.45, 7) is 0. The Kier molecular flexibility index (Phi) is 6.94. The number of fused-ring (bicyclic) bond motifs is 1. The lowest BCUT2D eigenvalue weighted by molar-refractivity contribution is -0.361. The molecule has 0 unspecified atom stereocenters. The summed E-state index contributed by atoms with van der Waals surface area (Å²) < 4.78 is 89.3. The molecule has 170 valence electrons. The summed E-state index contributed by atoms with van der Waals surface area (Å²) in [5.74, 6) is -5.70. The number of nitrogens with zero attached hydrogens (tertiary/aromatic N) is 1. The normalized spacial score (nSPS) is 13.1. The minimum absolute atomic E-state index is 0.256. The number of rotatable bonds is 7. The van der Waals surface area contributed by atoms with Gasteiger partial charge in [-0.1, -0.05) is 54.1 Å². The Morgan fingerprint density at radius 2 is 1.56 bits per heavy atom. The van der Waals surface area contributed by atoms with E-state index < -0.39 is 18.1 Å². The predicted octanol–water partition coefficient (Wildman–Crippen LogP) is 7.50. The summed E-state index contributed by atoms with van der Waals surface area (Å²) >= 11 is 7.48. The molecular weight excluding hydrogens is 481 g/mol. The summed E-state index contributed by atoms with van der Waals surface area (Å²) in [7, 11) is 0. The van der Waals surface area contributed by atoms with Crippen molar-refractivity contribution < 1.29 is 30.7 Å². The van der Waals surface area contributed by atoms with Crippen LogP contribution in [0, 0.1) is 0 Å². The Bertz CT molecular complexity index is 1130. The van der Waals surface area contributed by atoms with Crippen molar-refractivity contribution in [3.8, 4) is 0 Å². The molecule has 32 heavy (non-hydrogen) atoms. The lowest BCUT2D eigenvalue weighted by atomic mass is 10.1. The first-order valence-corrected chi connectivity index (χ1v) is 10.3. The molecular formula is C21H14ClF7N2S. The molecule has 0 bridgehead atoms. The highest BCUT2D eigenvalue weighted by molar-refractivity contribution is 7.98. The Labute approximate surface area is 187 Å². The molecule has 0 saturated carbocycles. The minimum atomic E-state index is -6.44. The van der Waals surface area contributed by atoms with Crippen molar-refractivity contribution in [3.63, 3.8) is 0 Å². The summed E-state index contributed by atoms with van der Waals surface area (Å²) in [5.41, 5.74) is 1.87. The molecule has 0 atom stereocenters. The molecule has 0 aliphatic carbocycles. The molecule has 0 spiro atoms. The molecule has 2 nitrogen and oxygen atoms in total. The van der Waals surface area contributed by atoms with Gasteiger partial charge in [-0.25, -0.2) is 5.43 Å². The lowest BCUT2D eigenvalue weighted by Crippen LogP contribution is -2.58. The zero-order valence-corrected chi connectivity index (χ0v) is 17.5. The first kappa shape index (κ1) is 24.2. The average Bonchev–Trinajstić information content (AvgIpc) is 2.72. The summed E-state index contributed by atoms with van der Waals surface area (Å²) in [4.78, 5) is 0.847. The van der Waals surface area contributed by atoms with Crippen molar-refractivity contribution in [1.29, 1.82) is 0 Å². The van der Waals surface area contributed by atoms with E-state index in [0.29, 0.717) is 21.6 Å². The fourth-order valence-electron chi connectivity index (χ4n) is 2.75. The number of nitrogens with one attached hydrogen (secondary N) is 1. The van der Waals surface area contributed by atoms with Crippen LogP contribution in [0.3, 0.4) is 0 Å². The van der Waals surface area contributed by atoms with Crippen molar-refractivity contribution in [2.75, 3.05) is 0 Å². The van der Waals surface area contributed by atoms with Gasteiger partial charge in [-0.15, -0.1) is 11.8 Å². The Hall–Kier alpha value is -2.46. The monoisotopic (exact) mass is 494 g/mol. The molecule has 0 aromatic heterocycles. The number of halogens is 8. The number of alkyl halides is 7. The maximum absolute atomic E-state index is 13.4. The van der Waals surface area contributed by atoms with Crippen LogP contribution in [0.2, 0.25) is 5.02 Å². The van der Waals surface area contributed by atoms with Gasteiger partial charge in [0.25, 0.3) is 0 Å². The zero-order valence-electron chi connectivity index (χ0n) is 15.9. The van der Waals surface area contributed by atoms with Gasteiger partial charge in [0.1, 0.15) is 0 Å². The topological polar surface area (TPSA) is 24.4 Å². The van der Waals surface area contributed by atoms with Gasteiger partial charge in [-0.3, -0.25) is 0 Å². The molecule has 1 N–H and O–H groups in total. The highest BCUT2D eigenvalue weighted by Gasteiger charge is 2.73. The number of hydrogen-bond acceptors (Lipinski definition) is 3. The number of thioether (sulfide) groups is 1. The van der Waals surface area contributed by atoms with Gasteiger partial charge in [0.2, 0.25) is 0 Å². The van der Waals surface area contributed by atoms with E-state index in [0.717, 1.165) is 22.1 Å². The van der Waals surface area contributed by atoms with Crippen LogP contribution >= 0.6 is 23.4 Å². The highest BCUT2D eigenvalue weighted by atomic mass is 35.5. The van der Waals surface area contributed by atoms with Crippen LogP contribution in [0.5, 0.6) is 0 Å². The molecule has 0 aliphatic rings. The molecule has 3 aromatic carbocycles. The first-order chi connectivity index (χ1) is 14.9. The van der Waals surface area contributed by atoms with Gasteiger partial charge < -0.3 is 0 Å². The van der Waals surface area contributed by atoms with Crippen LogP contribution in [-0.2, 0) is 5.75 Å². The van der Waals surface area contributed by atoms with Crippen LogP contribution < -0.4 is 5.43 Å². The maximum Gasteiger partial charge on any atom is 0.462 e. The second kappa shape index (κ2) is 9.19. The summed E-state index contributed by atoms with van der Waals surface area (Å²) in [6.07, 6.45) is -5.66. The zero-order chi connectivity index (χ0) is 23.6. The van der Waals surface area contributed by atoms with Crippen LogP contribution in [0.25, 0.3) is 10.8 Å². The number of hydrazone groups is 1. The molecule has 0 amide bonds. The van der Waals surface area contributed by atoms with Crippen LogP contribution in [0.15, 0.2) is 70.7 Å². The summed E-state index contributed by atoms with van der Waals surface area (Å²) in [6, 6.07) is 11.7. The molecule has 0 saturated heterocycles. The third kappa shape index (κ3) is 5.12. The van der Waals surface area contributed by atoms with Gasteiger partial charge in [-0.05, 0) is 34.5 Å². The average molecular weight is 495 g/mol. The molecule has 0 radical (unpaired) electrons. The maximum atomic E-state index is 13.4. The van der Waals surface area contributed by atoms with Gasteiger partial charge in [0, 0.05) is 21.2 Å². The van der Waals surface area contributed by atoms with Crippen LogP contribution in [0.4, 0.5) is 30.7 Å². The third-order valence-electron chi connectivity index (χ3n) is 4.36. The fraction of sp³-hybridized carbons (Fsp3) is 0.190. The fourth-order valence-corrected chi connectivity index (χ4v) is 3.96. The van der Waals surface area contributed by atoms with E-state index in [4.69, 9.17) is 11.6 Å². The minimum Gasteiger partial charge on any atom is -0.242 e. The summed E-state index contributed by atoms with van der Waals surface area (Å²) in [5, 5.41) is 4.83.